The lowest BCUT2D eigenvalue weighted by atomic mass is 9.96. The van der Waals surface area contributed by atoms with Gasteiger partial charge in [0.1, 0.15) is 0 Å². The van der Waals surface area contributed by atoms with Crippen LogP contribution < -0.4 is 5.73 Å². The Hall–Kier alpha value is 0.210. The second-order valence-corrected chi connectivity index (χ2v) is 5.46. The summed E-state index contributed by atoms with van der Waals surface area (Å²) in [5.41, 5.74) is 5.70. The predicted molar refractivity (Wildman–Crippen MR) is 72.0 cm³/mol. The van der Waals surface area contributed by atoms with Gasteiger partial charge in [-0.15, -0.1) is 12.4 Å². The molecule has 1 heterocycles. The van der Waals surface area contributed by atoms with Crippen LogP contribution in [-0.4, -0.2) is 31.1 Å². The highest BCUT2D eigenvalue weighted by molar-refractivity contribution is 5.85. The van der Waals surface area contributed by atoms with Crippen LogP contribution in [0.4, 0.5) is 0 Å². The monoisotopic (exact) mass is 246 g/mol. The summed E-state index contributed by atoms with van der Waals surface area (Å²) in [5, 5.41) is 0. The van der Waals surface area contributed by atoms with Crippen LogP contribution in [0.3, 0.4) is 0 Å². The quantitative estimate of drug-likeness (QED) is 0.827. The molecule has 2 nitrogen and oxygen atoms in total. The minimum absolute atomic E-state index is 0. The molecule has 2 N–H and O–H groups in total. The Morgan fingerprint density at radius 1 is 0.938 bits per heavy atom. The topological polar surface area (TPSA) is 29.3 Å². The third-order valence-electron chi connectivity index (χ3n) is 4.37. The van der Waals surface area contributed by atoms with E-state index in [1.807, 2.05) is 0 Å². The van der Waals surface area contributed by atoms with E-state index in [4.69, 9.17) is 5.73 Å². The van der Waals surface area contributed by atoms with Gasteiger partial charge >= 0.3 is 0 Å². The van der Waals surface area contributed by atoms with Crippen LogP contribution in [0.15, 0.2) is 0 Å². The Morgan fingerprint density at radius 2 is 1.56 bits per heavy atom. The van der Waals surface area contributed by atoms with Crippen molar-refractivity contribution in [3.8, 4) is 0 Å². The second kappa shape index (κ2) is 7.52. The molecule has 2 rings (SSSR count). The molecule has 2 fully saturated rings. The van der Waals surface area contributed by atoms with Crippen molar-refractivity contribution in [1.82, 2.24) is 4.90 Å². The second-order valence-electron chi connectivity index (χ2n) is 5.46. The minimum Gasteiger partial charge on any atom is -0.330 e. The molecule has 1 aliphatic heterocycles. The van der Waals surface area contributed by atoms with E-state index in [2.05, 4.69) is 4.90 Å². The summed E-state index contributed by atoms with van der Waals surface area (Å²) in [6, 6.07) is 0. The lowest BCUT2D eigenvalue weighted by molar-refractivity contribution is 0.177. The van der Waals surface area contributed by atoms with Crippen LogP contribution in [0.25, 0.3) is 0 Å². The van der Waals surface area contributed by atoms with Crippen LogP contribution in [0.5, 0.6) is 0 Å². The number of nitrogens with zero attached hydrogens (tertiary/aromatic N) is 1. The van der Waals surface area contributed by atoms with E-state index in [1.165, 1.54) is 64.6 Å². The van der Waals surface area contributed by atoms with E-state index in [1.54, 1.807) is 0 Å². The van der Waals surface area contributed by atoms with Gasteiger partial charge in [0, 0.05) is 0 Å². The molecule has 0 unspecified atom stereocenters. The Morgan fingerprint density at radius 3 is 2.12 bits per heavy atom. The molecule has 0 aromatic rings. The SMILES string of the molecule is Cl.NCC1CCN(CCC2CCCC2)CC1. The maximum atomic E-state index is 5.70. The standard InChI is InChI=1S/C13H26N2.ClH/c14-11-13-6-9-15(10-7-13)8-5-12-3-1-2-4-12;/h12-13H,1-11,14H2;1H. The Labute approximate surface area is 106 Å². The molecular weight excluding hydrogens is 220 g/mol. The molecule has 1 saturated carbocycles. The molecule has 3 heteroatoms. The molecule has 0 aromatic heterocycles. The number of hydrogen-bond acceptors (Lipinski definition) is 2. The van der Waals surface area contributed by atoms with E-state index >= 15 is 0 Å². The minimum atomic E-state index is 0. The molecule has 0 aromatic carbocycles. The van der Waals surface area contributed by atoms with Crippen molar-refractivity contribution in [2.75, 3.05) is 26.2 Å². The van der Waals surface area contributed by atoms with Gasteiger partial charge in [-0.05, 0) is 57.3 Å². The molecule has 0 spiro atoms. The van der Waals surface area contributed by atoms with Gasteiger partial charge in [0.15, 0.2) is 0 Å². The maximum Gasteiger partial charge on any atom is -0.00156 e. The van der Waals surface area contributed by atoms with E-state index in [0.717, 1.165) is 18.4 Å². The third-order valence-corrected chi connectivity index (χ3v) is 4.37. The summed E-state index contributed by atoms with van der Waals surface area (Å²) >= 11 is 0. The van der Waals surface area contributed by atoms with Crippen molar-refractivity contribution in [2.45, 2.75) is 44.9 Å². The first kappa shape index (κ1) is 14.3. The van der Waals surface area contributed by atoms with Gasteiger partial charge in [-0.2, -0.15) is 0 Å². The predicted octanol–water partition coefficient (Wildman–Crippen LogP) is 2.66. The van der Waals surface area contributed by atoms with E-state index in [9.17, 15) is 0 Å². The first-order valence-electron chi connectivity index (χ1n) is 6.81. The average molecular weight is 247 g/mol. The number of hydrogen-bond donors (Lipinski definition) is 1. The number of nitrogens with two attached hydrogens (primary N) is 1. The van der Waals surface area contributed by atoms with Gasteiger partial charge in [0.2, 0.25) is 0 Å². The summed E-state index contributed by atoms with van der Waals surface area (Å²) in [4.78, 5) is 2.66. The van der Waals surface area contributed by atoms with Crippen LogP contribution in [0, 0.1) is 11.8 Å². The van der Waals surface area contributed by atoms with Crippen molar-refractivity contribution in [3.05, 3.63) is 0 Å². The first-order chi connectivity index (χ1) is 7.38. The fourth-order valence-electron chi connectivity index (χ4n) is 3.11. The zero-order valence-corrected chi connectivity index (χ0v) is 11.2. The van der Waals surface area contributed by atoms with E-state index in [0.29, 0.717) is 0 Å². The van der Waals surface area contributed by atoms with Gasteiger partial charge in [-0.1, -0.05) is 25.7 Å². The summed E-state index contributed by atoms with van der Waals surface area (Å²) in [6.07, 6.45) is 10.1. The van der Waals surface area contributed by atoms with Crippen LogP contribution in [0.1, 0.15) is 44.9 Å². The molecule has 2 aliphatic rings. The highest BCUT2D eigenvalue weighted by Gasteiger charge is 2.20. The molecule has 1 saturated heterocycles. The van der Waals surface area contributed by atoms with Crippen LogP contribution in [0.2, 0.25) is 0 Å². The van der Waals surface area contributed by atoms with Crippen molar-refractivity contribution in [1.29, 1.82) is 0 Å². The molecular formula is C13H27ClN2. The summed E-state index contributed by atoms with van der Waals surface area (Å²) in [5.74, 6) is 1.87. The molecule has 0 amide bonds. The fourth-order valence-corrected chi connectivity index (χ4v) is 3.11. The van der Waals surface area contributed by atoms with Gasteiger partial charge in [-0.25, -0.2) is 0 Å². The number of likely N-dealkylation sites (tertiary alicyclic amines) is 1. The van der Waals surface area contributed by atoms with Gasteiger partial charge in [-0.3, -0.25) is 0 Å². The summed E-state index contributed by atoms with van der Waals surface area (Å²) < 4.78 is 0. The van der Waals surface area contributed by atoms with Crippen molar-refractivity contribution in [2.24, 2.45) is 17.6 Å². The highest BCUT2D eigenvalue weighted by Crippen LogP contribution is 2.28. The van der Waals surface area contributed by atoms with E-state index in [-0.39, 0.29) is 12.4 Å². The molecule has 16 heavy (non-hydrogen) atoms. The lowest BCUT2D eigenvalue weighted by Gasteiger charge is -2.31. The molecule has 96 valence electrons. The van der Waals surface area contributed by atoms with Gasteiger partial charge in [0.05, 0.1) is 0 Å². The smallest absolute Gasteiger partial charge is 0.00156 e. The van der Waals surface area contributed by atoms with Crippen molar-refractivity contribution in [3.63, 3.8) is 0 Å². The van der Waals surface area contributed by atoms with Crippen molar-refractivity contribution >= 4 is 12.4 Å². The molecule has 0 radical (unpaired) electrons. The average Bonchev–Trinajstić information content (AvgIpc) is 2.80. The lowest BCUT2D eigenvalue weighted by Crippen LogP contribution is -2.37. The van der Waals surface area contributed by atoms with Crippen molar-refractivity contribution < 1.29 is 0 Å². The summed E-state index contributed by atoms with van der Waals surface area (Å²) in [7, 11) is 0. The number of halogens is 1. The molecule has 0 atom stereocenters. The third kappa shape index (κ3) is 4.23. The highest BCUT2D eigenvalue weighted by atomic mass is 35.5. The maximum absolute atomic E-state index is 5.70. The Balaban J connectivity index is 0.00000128. The van der Waals surface area contributed by atoms with Crippen LogP contribution in [-0.2, 0) is 0 Å². The Kier molecular flexibility index (Phi) is 6.71. The van der Waals surface area contributed by atoms with Gasteiger partial charge < -0.3 is 10.6 Å². The van der Waals surface area contributed by atoms with Crippen LogP contribution >= 0.6 is 12.4 Å². The number of piperidine rings is 1. The first-order valence-corrected chi connectivity index (χ1v) is 6.81. The van der Waals surface area contributed by atoms with Gasteiger partial charge in [0.25, 0.3) is 0 Å². The summed E-state index contributed by atoms with van der Waals surface area (Å²) in [6.45, 7) is 4.85. The molecule has 0 bridgehead atoms. The fraction of sp³-hybridized carbons (Fsp3) is 1.00. The normalized spacial score (nSPS) is 24.6. The Bertz CT molecular complexity index is 173. The number of rotatable bonds is 4. The van der Waals surface area contributed by atoms with E-state index < -0.39 is 0 Å². The largest absolute Gasteiger partial charge is 0.330 e. The zero-order chi connectivity index (χ0) is 10.5. The zero-order valence-electron chi connectivity index (χ0n) is 10.4. The molecule has 1 aliphatic carbocycles.